The van der Waals surface area contributed by atoms with Crippen LogP contribution in [0.4, 0.5) is 11.5 Å². The van der Waals surface area contributed by atoms with E-state index in [4.69, 9.17) is 39.5 Å². The number of nitrogens with zero attached hydrogens (tertiary/aromatic N) is 5. The van der Waals surface area contributed by atoms with Crippen LogP contribution in [0.25, 0.3) is 16.7 Å². The topological polar surface area (TPSA) is 75.5 Å². The van der Waals surface area contributed by atoms with Gasteiger partial charge in [-0.3, -0.25) is 9.36 Å². The molecule has 12 heteroatoms. The zero-order chi connectivity index (χ0) is 29.0. The summed E-state index contributed by atoms with van der Waals surface area (Å²) in [5.41, 5.74) is 0.991. The van der Waals surface area contributed by atoms with Gasteiger partial charge in [0.15, 0.2) is 5.82 Å². The highest BCUT2D eigenvalue weighted by Gasteiger charge is 2.22. The summed E-state index contributed by atoms with van der Waals surface area (Å²) in [7, 11) is 4.04. The van der Waals surface area contributed by atoms with Crippen molar-refractivity contribution in [1.29, 1.82) is 0 Å². The smallest absolute Gasteiger partial charge is 0.327 e. The van der Waals surface area contributed by atoms with E-state index < -0.39 is 5.60 Å². The van der Waals surface area contributed by atoms with E-state index in [-0.39, 0.29) is 12.5 Å². The van der Waals surface area contributed by atoms with E-state index in [0.29, 0.717) is 26.7 Å². The van der Waals surface area contributed by atoms with Gasteiger partial charge < -0.3 is 19.3 Å². The molecule has 2 aromatic heterocycles. The Balaban J connectivity index is 1.63. The van der Waals surface area contributed by atoms with Gasteiger partial charge in [0.1, 0.15) is 18.0 Å². The molecular weight excluding hydrogens is 591 g/mol. The second-order valence-corrected chi connectivity index (χ2v) is 12.7. The largest absolute Gasteiger partial charge is 0.459 e. The van der Waals surface area contributed by atoms with Crippen LogP contribution in [0.3, 0.4) is 0 Å². The lowest BCUT2D eigenvalue weighted by Crippen LogP contribution is -2.31. The van der Waals surface area contributed by atoms with E-state index in [0.717, 1.165) is 34.6 Å². The van der Waals surface area contributed by atoms with Gasteiger partial charge in [0, 0.05) is 45.3 Å². The van der Waals surface area contributed by atoms with E-state index in [9.17, 15) is 4.79 Å². The fourth-order valence-corrected chi connectivity index (χ4v) is 5.76. The van der Waals surface area contributed by atoms with E-state index in [1.807, 2.05) is 74.1 Å². The van der Waals surface area contributed by atoms with Crippen molar-refractivity contribution >= 4 is 75.1 Å². The molecule has 0 bridgehead atoms. The number of aromatic nitrogens is 3. The first-order valence-electron chi connectivity index (χ1n) is 12.5. The number of fused-ring (bicyclic) bond motifs is 1. The molecule has 1 N–H and O–H groups in total. The average Bonchev–Trinajstić information content (AvgIpc) is 3.18. The lowest BCUT2D eigenvalue weighted by Gasteiger charge is -2.26. The van der Waals surface area contributed by atoms with E-state index in [1.54, 1.807) is 24.4 Å². The Kier molecular flexibility index (Phi) is 9.74. The first-order chi connectivity index (χ1) is 18.9. The number of benzene rings is 2. The lowest BCUT2D eigenvalue weighted by atomic mass is 10.2. The average molecular weight is 622 g/mol. The number of hydrogen-bond acceptors (Lipinski definition) is 8. The number of hydrogen-bond donors (Lipinski definition) is 1. The molecule has 0 saturated carbocycles. The molecule has 0 amide bonds. The van der Waals surface area contributed by atoms with Crippen molar-refractivity contribution in [1.82, 2.24) is 19.7 Å². The number of nitrogens with one attached hydrogen (secondary N) is 1. The summed E-state index contributed by atoms with van der Waals surface area (Å²) in [6.45, 7) is 7.15. The number of ether oxygens (including phenoxy) is 1. The molecule has 212 valence electrons. The first-order valence-corrected chi connectivity index (χ1v) is 14.5. The van der Waals surface area contributed by atoms with E-state index in [1.165, 1.54) is 11.9 Å². The fraction of sp³-hybridized carbons (Fsp3) is 0.321. The van der Waals surface area contributed by atoms with Gasteiger partial charge in [-0.2, -0.15) is 0 Å². The number of esters is 1. The Morgan fingerprint density at radius 1 is 1.02 bits per heavy atom. The molecule has 4 rings (SSSR count). The summed E-state index contributed by atoms with van der Waals surface area (Å²) in [5.74, 6) is 0.967. The Morgan fingerprint density at radius 3 is 2.38 bits per heavy atom. The number of halogens is 3. The van der Waals surface area contributed by atoms with Gasteiger partial charge in [-0.25, -0.2) is 0 Å². The van der Waals surface area contributed by atoms with Crippen molar-refractivity contribution in [2.45, 2.75) is 31.3 Å². The minimum absolute atomic E-state index is 0.0103. The maximum atomic E-state index is 12.8. The van der Waals surface area contributed by atoms with E-state index >= 15 is 0 Å². The predicted octanol–water partition coefficient (Wildman–Crippen LogP) is 7.21. The summed E-state index contributed by atoms with van der Waals surface area (Å²) in [6, 6.07) is 14.8. The molecule has 0 unspecified atom stereocenters. The third kappa shape index (κ3) is 8.17. The van der Waals surface area contributed by atoms with Crippen molar-refractivity contribution in [2.75, 3.05) is 43.4 Å². The fourth-order valence-electron chi connectivity index (χ4n) is 3.85. The second kappa shape index (κ2) is 12.9. The van der Waals surface area contributed by atoms with E-state index in [2.05, 4.69) is 20.4 Å². The van der Waals surface area contributed by atoms with Gasteiger partial charge in [0.25, 0.3) is 0 Å². The standard InChI is InChI=1S/C28H31Cl3N6O2S/c1-28(2,3)39-27(38)17-37(40-21-13-18(29)12-19(30)14-21)20-6-7-24-22(15-20)23(31)16-36(24)26-9-8-25(33-34-26)32-10-11-35(4)5/h6-9,12-16H,10-11,17H2,1-5H3,(H,32,33). The molecule has 0 aliphatic rings. The lowest BCUT2D eigenvalue weighted by molar-refractivity contribution is -0.152. The maximum Gasteiger partial charge on any atom is 0.327 e. The van der Waals surface area contributed by atoms with Crippen LogP contribution in [0.2, 0.25) is 15.1 Å². The zero-order valence-electron chi connectivity index (χ0n) is 22.9. The molecule has 2 aromatic carbocycles. The van der Waals surface area contributed by atoms with Crippen LogP contribution in [-0.2, 0) is 9.53 Å². The molecule has 0 spiro atoms. The molecule has 0 fully saturated rings. The molecule has 0 atom stereocenters. The van der Waals surface area contributed by atoms with Crippen molar-refractivity contribution in [2.24, 2.45) is 0 Å². The molecule has 8 nitrogen and oxygen atoms in total. The van der Waals surface area contributed by atoms with Gasteiger partial charge in [-0.05, 0) is 95.3 Å². The van der Waals surface area contributed by atoms with Crippen molar-refractivity contribution < 1.29 is 9.53 Å². The zero-order valence-corrected chi connectivity index (χ0v) is 26.0. The van der Waals surface area contributed by atoms with Gasteiger partial charge >= 0.3 is 5.97 Å². The summed E-state index contributed by atoms with van der Waals surface area (Å²) in [5, 5.41) is 14.3. The molecular formula is C28H31Cl3N6O2S. The van der Waals surface area contributed by atoms with Crippen LogP contribution in [0, 0.1) is 0 Å². The second-order valence-electron chi connectivity index (χ2n) is 10.4. The van der Waals surface area contributed by atoms with Crippen molar-refractivity contribution in [3.8, 4) is 5.82 Å². The normalized spacial score (nSPS) is 11.7. The SMILES string of the molecule is CN(C)CCNc1ccc(-n2cc(Cl)c3cc(N(CC(=O)OC(C)(C)C)Sc4cc(Cl)cc(Cl)c4)ccc32)nn1. The number of rotatable bonds is 10. The third-order valence-corrected chi connectivity index (χ3v) is 7.28. The number of likely N-dealkylation sites (N-methyl/N-ethyl adjacent to an activating group) is 1. The van der Waals surface area contributed by atoms with Crippen LogP contribution in [-0.4, -0.2) is 65.0 Å². The van der Waals surface area contributed by atoms with Crippen molar-refractivity contribution in [3.05, 3.63) is 69.8 Å². The van der Waals surface area contributed by atoms with Gasteiger partial charge in [-0.1, -0.05) is 34.8 Å². The molecule has 40 heavy (non-hydrogen) atoms. The molecule has 0 saturated heterocycles. The highest BCUT2D eigenvalue weighted by Crippen LogP contribution is 2.36. The molecule has 4 aromatic rings. The summed E-state index contributed by atoms with van der Waals surface area (Å²) in [6.07, 6.45) is 1.81. The molecule has 0 aliphatic carbocycles. The Labute approximate surface area is 253 Å². The Hall–Kier alpha value is -2.69. The summed E-state index contributed by atoms with van der Waals surface area (Å²) < 4.78 is 9.31. The van der Waals surface area contributed by atoms with Crippen LogP contribution < -0.4 is 9.62 Å². The summed E-state index contributed by atoms with van der Waals surface area (Å²) in [4.78, 5) is 15.7. The highest BCUT2D eigenvalue weighted by molar-refractivity contribution is 8.00. The Bertz CT molecular complexity index is 1470. The maximum absolute atomic E-state index is 12.8. The molecule has 2 heterocycles. The van der Waals surface area contributed by atoms with Crippen LogP contribution >= 0.6 is 46.8 Å². The number of carbonyl (C=O) groups excluding carboxylic acids is 1. The first kappa shape index (κ1) is 30.3. The van der Waals surface area contributed by atoms with Crippen LogP contribution in [0.5, 0.6) is 0 Å². The minimum atomic E-state index is -0.615. The van der Waals surface area contributed by atoms with Gasteiger partial charge in [-0.15, -0.1) is 10.2 Å². The molecule has 0 radical (unpaired) electrons. The number of anilines is 2. The summed E-state index contributed by atoms with van der Waals surface area (Å²) >= 11 is 20.5. The predicted molar refractivity (Wildman–Crippen MR) is 166 cm³/mol. The quantitative estimate of drug-likeness (QED) is 0.147. The highest BCUT2D eigenvalue weighted by atomic mass is 35.5. The Morgan fingerprint density at radius 2 is 1.75 bits per heavy atom. The third-order valence-electron chi connectivity index (χ3n) is 5.53. The van der Waals surface area contributed by atoms with Gasteiger partial charge in [0.05, 0.1) is 10.5 Å². The van der Waals surface area contributed by atoms with Gasteiger partial charge in [0.2, 0.25) is 0 Å². The molecule has 0 aliphatic heterocycles. The number of carbonyl (C=O) groups is 1. The van der Waals surface area contributed by atoms with Crippen LogP contribution in [0.1, 0.15) is 20.8 Å². The van der Waals surface area contributed by atoms with Crippen molar-refractivity contribution in [3.63, 3.8) is 0 Å². The minimum Gasteiger partial charge on any atom is -0.459 e. The monoisotopic (exact) mass is 620 g/mol. The van der Waals surface area contributed by atoms with Crippen LogP contribution in [0.15, 0.2) is 59.6 Å².